The van der Waals surface area contributed by atoms with E-state index in [4.69, 9.17) is 0 Å². The van der Waals surface area contributed by atoms with Crippen LogP contribution in [0.25, 0.3) is 0 Å². The molecule has 0 bridgehead atoms. The van der Waals surface area contributed by atoms with Crippen molar-refractivity contribution in [3.8, 4) is 0 Å². The Morgan fingerprint density at radius 3 is 1.88 bits per heavy atom. The molecule has 0 unspecified atom stereocenters. The topological polar surface area (TPSA) is 38.4 Å². The maximum atomic E-state index is 10.7. The Labute approximate surface area is 106 Å². The maximum Gasteiger partial charge on any atom is 0.202 e. The Morgan fingerprint density at radius 1 is 0.941 bits per heavy atom. The van der Waals surface area contributed by atoms with Crippen LogP contribution in [0.15, 0.2) is 17.9 Å². The minimum Gasteiger partial charge on any atom is -0.595 e. The fourth-order valence-electron chi connectivity index (χ4n) is 1.83. The van der Waals surface area contributed by atoms with E-state index in [1.807, 2.05) is 0 Å². The van der Waals surface area contributed by atoms with Gasteiger partial charge in [0.15, 0.2) is 0 Å². The third-order valence-electron chi connectivity index (χ3n) is 2.91. The molecule has 3 heteroatoms. The van der Waals surface area contributed by atoms with Gasteiger partial charge < -0.3 is 5.21 Å². The molecule has 0 aromatic heterocycles. The van der Waals surface area contributed by atoms with E-state index in [0.29, 0.717) is 11.4 Å². The summed E-state index contributed by atoms with van der Waals surface area (Å²) in [5, 5.41) is 14.5. The van der Waals surface area contributed by atoms with Crippen LogP contribution in [0.4, 0.5) is 0 Å². The molecular formula is C14H28N2O. The van der Waals surface area contributed by atoms with E-state index in [1.165, 1.54) is 64.0 Å². The SMILES string of the molecule is C=C[N+]([O-])=NCCCCCCCCCCCC. The van der Waals surface area contributed by atoms with Crippen LogP contribution >= 0.6 is 0 Å². The summed E-state index contributed by atoms with van der Waals surface area (Å²) in [6.07, 6.45) is 14.2. The molecular weight excluding hydrogens is 212 g/mol. The number of hydrogen-bond acceptors (Lipinski definition) is 2. The van der Waals surface area contributed by atoms with E-state index in [1.54, 1.807) is 0 Å². The van der Waals surface area contributed by atoms with Gasteiger partial charge in [-0.15, -0.1) is 0 Å². The average molecular weight is 240 g/mol. The Kier molecular flexibility index (Phi) is 12.5. The van der Waals surface area contributed by atoms with Crippen molar-refractivity contribution in [1.82, 2.24) is 0 Å². The van der Waals surface area contributed by atoms with E-state index in [2.05, 4.69) is 18.6 Å². The largest absolute Gasteiger partial charge is 0.595 e. The molecule has 0 aliphatic heterocycles. The summed E-state index contributed by atoms with van der Waals surface area (Å²) < 4.78 is 0. The minimum atomic E-state index is 0.549. The van der Waals surface area contributed by atoms with Crippen molar-refractivity contribution < 1.29 is 4.86 Å². The van der Waals surface area contributed by atoms with E-state index < -0.39 is 0 Å². The second-order valence-electron chi connectivity index (χ2n) is 4.53. The molecule has 17 heavy (non-hydrogen) atoms. The average Bonchev–Trinajstić information content (AvgIpc) is 2.35. The number of unbranched alkanes of at least 4 members (excludes halogenated alkanes) is 9. The van der Waals surface area contributed by atoms with Crippen LogP contribution in [0.5, 0.6) is 0 Å². The monoisotopic (exact) mass is 240 g/mol. The van der Waals surface area contributed by atoms with Gasteiger partial charge in [-0.1, -0.05) is 69.6 Å². The van der Waals surface area contributed by atoms with Crippen molar-refractivity contribution in [3.63, 3.8) is 0 Å². The Bertz CT molecular complexity index is 202. The van der Waals surface area contributed by atoms with E-state index in [0.717, 1.165) is 6.42 Å². The van der Waals surface area contributed by atoms with Gasteiger partial charge in [0.1, 0.15) is 6.54 Å². The Morgan fingerprint density at radius 2 is 1.41 bits per heavy atom. The highest BCUT2D eigenvalue weighted by Gasteiger charge is 1.93. The summed E-state index contributed by atoms with van der Waals surface area (Å²) in [6.45, 7) is 6.23. The molecule has 0 aromatic carbocycles. The van der Waals surface area contributed by atoms with Gasteiger partial charge in [-0.2, -0.15) is 0 Å². The zero-order valence-corrected chi connectivity index (χ0v) is 11.4. The van der Waals surface area contributed by atoms with E-state index in [9.17, 15) is 5.21 Å². The molecule has 0 N–H and O–H groups in total. The summed E-state index contributed by atoms with van der Waals surface area (Å²) in [5.41, 5.74) is 0. The van der Waals surface area contributed by atoms with Crippen LogP contribution in [-0.4, -0.2) is 11.4 Å². The summed E-state index contributed by atoms with van der Waals surface area (Å²) in [4.78, 5) is 0.549. The van der Waals surface area contributed by atoms with Crippen LogP contribution in [0, 0.1) is 5.21 Å². The van der Waals surface area contributed by atoms with Crippen molar-refractivity contribution in [1.29, 1.82) is 0 Å². The maximum absolute atomic E-state index is 10.7. The third kappa shape index (κ3) is 13.1. The van der Waals surface area contributed by atoms with Gasteiger partial charge in [0.05, 0.1) is 0 Å². The molecule has 0 heterocycles. The first-order chi connectivity index (χ1) is 8.31. The van der Waals surface area contributed by atoms with E-state index >= 15 is 0 Å². The molecule has 0 saturated carbocycles. The van der Waals surface area contributed by atoms with Gasteiger partial charge in [0.2, 0.25) is 6.20 Å². The zero-order valence-electron chi connectivity index (χ0n) is 11.4. The van der Waals surface area contributed by atoms with Crippen molar-refractivity contribution in [2.75, 3.05) is 6.54 Å². The molecule has 0 radical (unpaired) electrons. The second kappa shape index (κ2) is 13.2. The zero-order chi connectivity index (χ0) is 12.8. The van der Waals surface area contributed by atoms with Gasteiger partial charge in [-0.3, -0.25) is 0 Å². The van der Waals surface area contributed by atoms with Crippen LogP contribution in [0.2, 0.25) is 0 Å². The molecule has 0 spiro atoms. The summed E-state index contributed by atoms with van der Waals surface area (Å²) in [6, 6.07) is 0. The Hall–Kier alpha value is -0.860. The lowest BCUT2D eigenvalue weighted by molar-refractivity contribution is -0.458. The van der Waals surface area contributed by atoms with Gasteiger partial charge in [0.25, 0.3) is 0 Å². The summed E-state index contributed by atoms with van der Waals surface area (Å²) >= 11 is 0. The van der Waals surface area contributed by atoms with Gasteiger partial charge in [0, 0.05) is 0 Å². The molecule has 0 saturated heterocycles. The van der Waals surface area contributed by atoms with Crippen LogP contribution in [0.1, 0.15) is 71.1 Å². The fraction of sp³-hybridized carbons (Fsp3) is 0.857. The van der Waals surface area contributed by atoms with Crippen LogP contribution in [-0.2, 0) is 0 Å². The minimum absolute atomic E-state index is 0.549. The highest BCUT2D eigenvalue weighted by molar-refractivity contribution is 4.49. The number of azo groups is 1. The molecule has 0 fully saturated rings. The quantitative estimate of drug-likeness (QED) is 0.204. The van der Waals surface area contributed by atoms with Crippen molar-refractivity contribution in [2.45, 2.75) is 71.1 Å². The third-order valence-corrected chi connectivity index (χ3v) is 2.91. The van der Waals surface area contributed by atoms with Gasteiger partial charge in [-0.25, -0.2) is 0 Å². The van der Waals surface area contributed by atoms with Gasteiger partial charge in [-0.05, 0) is 18.1 Å². The van der Waals surface area contributed by atoms with E-state index in [-0.39, 0.29) is 0 Å². The number of nitrogens with zero attached hydrogens (tertiary/aromatic N) is 2. The molecule has 0 aromatic rings. The van der Waals surface area contributed by atoms with Crippen molar-refractivity contribution in [3.05, 3.63) is 18.0 Å². The lowest BCUT2D eigenvalue weighted by Gasteiger charge is -2.00. The lowest BCUT2D eigenvalue weighted by Crippen LogP contribution is -1.91. The Balaban J connectivity index is 3.06. The number of hydroxylamine groups is 1. The molecule has 0 aliphatic carbocycles. The summed E-state index contributed by atoms with van der Waals surface area (Å²) in [5.74, 6) is 0. The second-order valence-corrected chi connectivity index (χ2v) is 4.53. The molecule has 0 aliphatic rings. The lowest BCUT2D eigenvalue weighted by atomic mass is 10.1. The first-order valence-corrected chi connectivity index (χ1v) is 7.07. The molecule has 0 amide bonds. The van der Waals surface area contributed by atoms with Crippen LogP contribution in [0.3, 0.4) is 0 Å². The normalized spacial score (nSPS) is 11.7. The highest BCUT2D eigenvalue weighted by Crippen LogP contribution is 2.10. The standard InChI is InChI=1S/C14H28N2O/c1-3-5-6-7-8-9-10-11-12-13-14-15-16(17)4-2/h4H,2-3,5-14H2,1H3. The first kappa shape index (κ1) is 16.1. The predicted octanol–water partition coefficient (Wildman–Crippen LogP) is 5.01. The smallest absolute Gasteiger partial charge is 0.202 e. The number of hydrogen-bond donors (Lipinski definition) is 0. The molecule has 0 atom stereocenters. The van der Waals surface area contributed by atoms with Gasteiger partial charge >= 0.3 is 0 Å². The fourth-order valence-corrected chi connectivity index (χ4v) is 1.83. The van der Waals surface area contributed by atoms with Crippen molar-refractivity contribution in [2.24, 2.45) is 5.11 Å². The number of rotatable bonds is 12. The summed E-state index contributed by atoms with van der Waals surface area (Å²) in [7, 11) is 0. The predicted molar refractivity (Wildman–Crippen MR) is 73.0 cm³/mol. The molecule has 3 nitrogen and oxygen atoms in total. The highest BCUT2D eigenvalue weighted by atomic mass is 16.5. The van der Waals surface area contributed by atoms with Crippen molar-refractivity contribution >= 4 is 0 Å². The first-order valence-electron chi connectivity index (χ1n) is 7.07. The molecule has 100 valence electrons. The molecule has 0 rings (SSSR count). The van der Waals surface area contributed by atoms with Crippen LogP contribution < -0.4 is 0 Å².